The molecule has 1 N–H and O–H groups in total. The van der Waals surface area contributed by atoms with Crippen LogP contribution in [0.3, 0.4) is 0 Å². The molecule has 0 radical (unpaired) electrons. The van der Waals surface area contributed by atoms with Gasteiger partial charge in [0.05, 0.1) is 17.2 Å². The van der Waals surface area contributed by atoms with Crippen LogP contribution in [0.4, 0.5) is 20.2 Å². The van der Waals surface area contributed by atoms with Crippen molar-refractivity contribution in [2.75, 3.05) is 28.3 Å². The summed E-state index contributed by atoms with van der Waals surface area (Å²) in [6, 6.07) is 0.857. The Bertz CT molecular complexity index is 675. The number of nitrogens with one attached hydrogen (secondary N) is 1. The standard InChI is InChI=1S/C11H10F2N2O3S/c12-6-3-7(13)10-8(4-6)15-1-2-19(17,18)5-9(15)11(16)14-10/h3-4,9H,1-2,5H2,(H,14,16). The second-order valence-corrected chi connectivity index (χ2v) is 6.82. The van der Waals surface area contributed by atoms with Gasteiger partial charge in [-0.05, 0) is 6.07 Å². The molecule has 0 aromatic heterocycles. The first-order valence-corrected chi connectivity index (χ1v) is 7.46. The van der Waals surface area contributed by atoms with Gasteiger partial charge in [-0.25, -0.2) is 17.2 Å². The summed E-state index contributed by atoms with van der Waals surface area (Å²) in [6.45, 7) is 0.0519. The lowest BCUT2D eigenvalue weighted by Crippen LogP contribution is -2.57. The van der Waals surface area contributed by atoms with Gasteiger partial charge in [-0.1, -0.05) is 0 Å². The van der Waals surface area contributed by atoms with Gasteiger partial charge in [-0.15, -0.1) is 0 Å². The fraction of sp³-hybridized carbons (Fsp3) is 0.364. The summed E-state index contributed by atoms with van der Waals surface area (Å²) in [5.41, 5.74) is 0.0962. The molecule has 102 valence electrons. The van der Waals surface area contributed by atoms with Crippen LogP contribution in [0.15, 0.2) is 12.1 Å². The number of hydrogen-bond donors (Lipinski definition) is 1. The molecule has 2 aliphatic heterocycles. The van der Waals surface area contributed by atoms with Crippen molar-refractivity contribution in [3.8, 4) is 0 Å². The molecule has 5 nitrogen and oxygen atoms in total. The summed E-state index contributed by atoms with van der Waals surface area (Å²) in [7, 11) is -3.30. The average Bonchev–Trinajstić information content (AvgIpc) is 2.30. The highest BCUT2D eigenvalue weighted by Crippen LogP contribution is 2.36. The van der Waals surface area contributed by atoms with Crippen LogP contribution in [0.25, 0.3) is 0 Å². The number of sulfone groups is 1. The van der Waals surface area contributed by atoms with Gasteiger partial charge in [0, 0.05) is 12.6 Å². The zero-order chi connectivity index (χ0) is 13.8. The fourth-order valence-corrected chi connectivity index (χ4v) is 3.88. The monoisotopic (exact) mass is 288 g/mol. The van der Waals surface area contributed by atoms with Crippen molar-refractivity contribution >= 4 is 27.1 Å². The Balaban J connectivity index is 2.12. The SMILES string of the molecule is O=C1Nc2c(F)cc(F)cc2N2CCS(=O)(=O)CC12. The van der Waals surface area contributed by atoms with Crippen LogP contribution >= 0.6 is 0 Å². The molecule has 1 saturated heterocycles. The maximum atomic E-state index is 13.6. The van der Waals surface area contributed by atoms with Crippen molar-refractivity contribution in [3.63, 3.8) is 0 Å². The Hall–Kier alpha value is -1.70. The summed E-state index contributed by atoms with van der Waals surface area (Å²) in [6.07, 6.45) is 0. The molecule has 1 unspecified atom stereocenters. The van der Waals surface area contributed by atoms with Gasteiger partial charge in [-0.3, -0.25) is 4.79 Å². The summed E-state index contributed by atoms with van der Waals surface area (Å²) < 4.78 is 50.0. The molecule has 1 amide bonds. The zero-order valence-corrected chi connectivity index (χ0v) is 10.5. The third-order valence-corrected chi connectivity index (χ3v) is 4.95. The van der Waals surface area contributed by atoms with E-state index in [9.17, 15) is 22.0 Å². The lowest BCUT2D eigenvalue weighted by atomic mass is 10.1. The second kappa shape index (κ2) is 3.89. The molecule has 0 saturated carbocycles. The number of rotatable bonds is 0. The van der Waals surface area contributed by atoms with Crippen molar-refractivity contribution in [1.82, 2.24) is 0 Å². The Labute approximate surface area is 108 Å². The first-order chi connectivity index (χ1) is 8.87. The Kier molecular flexibility index (Phi) is 2.53. The molecule has 1 atom stereocenters. The first-order valence-electron chi connectivity index (χ1n) is 5.64. The van der Waals surface area contributed by atoms with Crippen molar-refractivity contribution in [3.05, 3.63) is 23.8 Å². The van der Waals surface area contributed by atoms with E-state index in [0.717, 1.165) is 6.07 Å². The second-order valence-electron chi connectivity index (χ2n) is 4.59. The van der Waals surface area contributed by atoms with Gasteiger partial charge in [0.1, 0.15) is 17.5 Å². The molecular weight excluding hydrogens is 278 g/mol. The molecule has 2 heterocycles. The normalized spacial score (nSPS) is 24.4. The van der Waals surface area contributed by atoms with Gasteiger partial charge in [0.15, 0.2) is 15.7 Å². The minimum Gasteiger partial charge on any atom is -0.356 e. The maximum absolute atomic E-state index is 13.6. The summed E-state index contributed by atoms with van der Waals surface area (Å²) in [5, 5.41) is 2.31. The van der Waals surface area contributed by atoms with E-state index in [2.05, 4.69) is 5.32 Å². The average molecular weight is 288 g/mol. The van der Waals surface area contributed by atoms with E-state index in [4.69, 9.17) is 0 Å². The van der Waals surface area contributed by atoms with Crippen LogP contribution in [-0.4, -0.2) is 38.4 Å². The minimum absolute atomic E-state index is 0.0519. The number of hydrogen-bond acceptors (Lipinski definition) is 4. The Morgan fingerprint density at radius 2 is 2.05 bits per heavy atom. The number of benzene rings is 1. The van der Waals surface area contributed by atoms with Gasteiger partial charge >= 0.3 is 0 Å². The lowest BCUT2D eigenvalue weighted by molar-refractivity contribution is -0.117. The van der Waals surface area contributed by atoms with E-state index in [0.29, 0.717) is 6.07 Å². The van der Waals surface area contributed by atoms with E-state index < -0.39 is 33.4 Å². The summed E-state index contributed by atoms with van der Waals surface area (Å²) in [5.74, 6) is -2.68. The quantitative estimate of drug-likeness (QED) is 0.756. The zero-order valence-electron chi connectivity index (χ0n) is 9.69. The van der Waals surface area contributed by atoms with E-state index in [1.807, 2.05) is 0 Å². The molecule has 0 aliphatic carbocycles. The number of anilines is 2. The Morgan fingerprint density at radius 3 is 2.79 bits per heavy atom. The molecule has 19 heavy (non-hydrogen) atoms. The summed E-state index contributed by atoms with van der Waals surface area (Å²) >= 11 is 0. The highest BCUT2D eigenvalue weighted by Gasteiger charge is 2.41. The third-order valence-electron chi connectivity index (χ3n) is 3.33. The molecule has 8 heteroatoms. The first kappa shape index (κ1) is 12.3. The molecule has 1 aromatic rings. The smallest absolute Gasteiger partial charge is 0.248 e. The summed E-state index contributed by atoms with van der Waals surface area (Å²) in [4.78, 5) is 13.3. The highest BCUT2D eigenvalue weighted by atomic mass is 32.2. The number of carbonyl (C=O) groups excluding carboxylic acids is 1. The van der Waals surface area contributed by atoms with Gasteiger partial charge in [0.2, 0.25) is 5.91 Å². The fourth-order valence-electron chi connectivity index (χ4n) is 2.43. The van der Waals surface area contributed by atoms with E-state index in [1.54, 1.807) is 0 Å². The van der Waals surface area contributed by atoms with Crippen molar-refractivity contribution in [2.24, 2.45) is 0 Å². The van der Waals surface area contributed by atoms with Gasteiger partial charge in [0.25, 0.3) is 0 Å². The van der Waals surface area contributed by atoms with Crippen molar-refractivity contribution in [1.29, 1.82) is 0 Å². The lowest BCUT2D eigenvalue weighted by Gasteiger charge is -2.40. The molecule has 1 aromatic carbocycles. The molecule has 3 rings (SSSR count). The number of amides is 1. The van der Waals surface area contributed by atoms with Crippen LogP contribution < -0.4 is 10.2 Å². The molecular formula is C11H10F2N2O3S. The van der Waals surface area contributed by atoms with Crippen LogP contribution in [-0.2, 0) is 14.6 Å². The van der Waals surface area contributed by atoms with Crippen LogP contribution in [0, 0.1) is 11.6 Å². The van der Waals surface area contributed by atoms with E-state index >= 15 is 0 Å². The third kappa shape index (κ3) is 1.95. The van der Waals surface area contributed by atoms with Gasteiger partial charge < -0.3 is 10.2 Å². The van der Waals surface area contributed by atoms with Crippen LogP contribution in [0.1, 0.15) is 0 Å². The molecule has 0 bridgehead atoms. The molecule has 1 fully saturated rings. The molecule has 2 aliphatic rings. The van der Waals surface area contributed by atoms with Crippen molar-refractivity contribution in [2.45, 2.75) is 6.04 Å². The Morgan fingerprint density at radius 1 is 1.32 bits per heavy atom. The predicted molar refractivity (Wildman–Crippen MR) is 64.8 cm³/mol. The number of halogens is 2. The highest BCUT2D eigenvalue weighted by molar-refractivity contribution is 7.91. The number of nitrogens with zero attached hydrogens (tertiary/aromatic N) is 1. The number of fused-ring (bicyclic) bond motifs is 3. The van der Waals surface area contributed by atoms with Crippen molar-refractivity contribution < 1.29 is 22.0 Å². The van der Waals surface area contributed by atoms with Gasteiger partial charge in [-0.2, -0.15) is 0 Å². The minimum atomic E-state index is -3.30. The maximum Gasteiger partial charge on any atom is 0.248 e. The predicted octanol–water partition coefficient (Wildman–Crippen LogP) is 0.520. The van der Waals surface area contributed by atoms with Crippen LogP contribution in [0.2, 0.25) is 0 Å². The topological polar surface area (TPSA) is 66.5 Å². The van der Waals surface area contributed by atoms with Crippen LogP contribution in [0.5, 0.6) is 0 Å². The molecule has 0 spiro atoms. The van der Waals surface area contributed by atoms with E-state index in [1.165, 1.54) is 4.90 Å². The largest absolute Gasteiger partial charge is 0.356 e. The number of carbonyl (C=O) groups is 1. The van der Waals surface area contributed by atoms with E-state index in [-0.39, 0.29) is 29.4 Å².